The van der Waals surface area contributed by atoms with Crippen molar-refractivity contribution >= 4 is 28.6 Å². The molecule has 6 nitrogen and oxygen atoms in total. The van der Waals surface area contributed by atoms with E-state index in [4.69, 9.17) is 18.4 Å². The minimum Gasteiger partial charge on any atom is -0.383 e. The van der Waals surface area contributed by atoms with Crippen molar-refractivity contribution in [2.24, 2.45) is 0 Å². The fourth-order valence-electron chi connectivity index (χ4n) is 5.78. The first-order valence-corrected chi connectivity index (χ1v) is 17.1. The first-order chi connectivity index (χ1) is 30.1. The van der Waals surface area contributed by atoms with Gasteiger partial charge < -0.3 is 19.1 Å². The molecule has 0 N–H and O–H groups in total. The summed E-state index contributed by atoms with van der Waals surface area (Å²) in [5, 5.41) is -1.77. The van der Waals surface area contributed by atoms with Crippen LogP contribution in [0.2, 0.25) is 0 Å². The Kier molecular flexibility index (Phi) is 8.01. The van der Waals surface area contributed by atoms with Gasteiger partial charge in [0.05, 0.1) is 33.6 Å². The van der Waals surface area contributed by atoms with E-state index in [1.165, 1.54) is 31.2 Å². The third-order valence-corrected chi connectivity index (χ3v) is 9.33. The summed E-state index contributed by atoms with van der Waals surface area (Å²) in [7, 11) is 0.990. The molecule has 0 bridgehead atoms. The molecule has 0 radical (unpaired) electrons. The molecule has 1 saturated heterocycles. The Morgan fingerprint density at radius 2 is 1.68 bits per heavy atom. The number of fused-ring (bicyclic) bond motifs is 1. The standard InChI is InChI=1S/C41H40F5N3O3S/c1-27-6-15-34-36(22-27)49(39(23-37(34)50)53-26-31-4-3-5-35(42)40(31)43)25-38(51)48(33-16-18-47(19-17-33)20-21-52-2)24-28-7-9-29(10-8-28)30-11-13-32(14-12-30)41(44,45)46/h3-15,22-23,33H,16-21,24-26H2,1-2H3/i6D,15D,20D2,21D2,22D,23D,25D2,26D2. The summed E-state index contributed by atoms with van der Waals surface area (Å²) in [6.07, 6.45) is -4.75. The van der Waals surface area contributed by atoms with Crippen LogP contribution in [0.25, 0.3) is 22.0 Å². The van der Waals surface area contributed by atoms with E-state index in [-0.39, 0.29) is 43.3 Å². The summed E-state index contributed by atoms with van der Waals surface area (Å²) in [5.74, 6) is -4.51. The van der Waals surface area contributed by atoms with Gasteiger partial charge in [-0.2, -0.15) is 13.2 Å². The maximum atomic E-state index is 15.2. The second-order valence-corrected chi connectivity index (χ2v) is 12.9. The number of likely N-dealkylation sites (tertiary alicyclic amines) is 1. The monoisotopic (exact) mass is 761 g/mol. The molecular formula is C41H40F5N3O3S. The molecule has 278 valence electrons. The predicted molar refractivity (Wildman–Crippen MR) is 198 cm³/mol. The van der Waals surface area contributed by atoms with Gasteiger partial charge in [0.15, 0.2) is 17.1 Å². The van der Waals surface area contributed by atoms with E-state index in [0.29, 0.717) is 27.3 Å². The number of rotatable bonds is 12. The number of methoxy groups -OCH3 is 1. The molecule has 1 aliphatic heterocycles. The second kappa shape index (κ2) is 16.7. The van der Waals surface area contributed by atoms with Gasteiger partial charge in [-0.15, -0.1) is 11.8 Å². The van der Waals surface area contributed by atoms with Gasteiger partial charge in [0.25, 0.3) is 0 Å². The molecule has 0 saturated carbocycles. The molecule has 5 aromatic rings. The van der Waals surface area contributed by atoms with Crippen molar-refractivity contribution in [3.8, 4) is 11.1 Å². The molecule has 1 fully saturated rings. The number of piperidine rings is 1. The number of hydrogen-bond acceptors (Lipinski definition) is 5. The summed E-state index contributed by atoms with van der Waals surface area (Å²) in [4.78, 5) is 31.3. The van der Waals surface area contributed by atoms with Crippen LogP contribution in [0.5, 0.6) is 0 Å². The maximum absolute atomic E-state index is 15.2. The van der Waals surface area contributed by atoms with Crippen LogP contribution < -0.4 is 5.43 Å². The molecule has 6 rings (SSSR count). The fraction of sp³-hybridized carbons (Fsp3) is 0.317. The van der Waals surface area contributed by atoms with E-state index >= 15 is 9.18 Å². The van der Waals surface area contributed by atoms with Crippen molar-refractivity contribution in [2.75, 3.05) is 33.3 Å². The molecule has 12 heteroatoms. The van der Waals surface area contributed by atoms with Gasteiger partial charge in [-0.3, -0.25) is 9.59 Å². The van der Waals surface area contributed by atoms with Gasteiger partial charge in [0.1, 0.15) is 6.50 Å². The lowest BCUT2D eigenvalue weighted by Gasteiger charge is -2.39. The van der Waals surface area contributed by atoms with Crippen LogP contribution in [0.3, 0.4) is 0 Å². The third-order valence-electron chi connectivity index (χ3n) is 8.53. The minimum absolute atomic E-state index is 0.0930. The van der Waals surface area contributed by atoms with Crippen LogP contribution in [-0.2, 0) is 34.5 Å². The molecule has 0 unspecified atom stereocenters. The van der Waals surface area contributed by atoms with Crippen LogP contribution in [0.1, 0.15) is 51.5 Å². The van der Waals surface area contributed by atoms with Gasteiger partial charge in [0, 0.05) is 67.5 Å². The number of halogens is 5. The van der Waals surface area contributed by atoms with Crippen molar-refractivity contribution in [1.82, 2.24) is 14.4 Å². The van der Waals surface area contributed by atoms with E-state index in [0.717, 1.165) is 41.2 Å². The van der Waals surface area contributed by atoms with Crippen LogP contribution in [0.15, 0.2) is 101 Å². The van der Waals surface area contributed by atoms with E-state index in [1.54, 1.807) is 12.1 Å². The smallest absolute Gasteiger partial charge is 0.383 e. The Labute approximate surface area is 326 Å². The summed E-state index contributed by atoms with van der Waals surface area (Å²) in [5.41, 5.74) is -6.00. The number of ether oxygens (including phenoxy) is 1. The average Bonchev–Trinajstić information content (AvgIpc) is 3.26. The number of benzene rings is 4. The van der Waals surface area contributed by atoms with Gasteiger partial charge >= 0.3 is 6.18 Å². The van der Waals surface area contributed by atoms with Gasteiger partial charge in [0.2, 0.25) is 5.91 Å². The van der Waals surface area contributed by atoms with Crippen molar-refractivity contribution in [2.45, 2.75) is 55.8 Å². The van der Waals surface area contributed by atoms with Crippen LogP contribution in [0.4, 0.5) is 22.0 Å². The third kappa shape index (κ3) is 9.17. The van der Waals surface area contributed by atoms with Gasteiger partial charge in [-0.1, -0.05) is 54.6 Å². The summed E-state index contributed by atoms with van der Waals surface area (Å²) in [6, 6.07) is 8.75. The van der Waals surface area contributed by atoms with E-state index in [1.807, 2.05) is 0 Å². The lowest BCUT2D eigenvalue weighted by molar-refractivity contribution is -0.137. The fourth-order valence-corrected chi connectivity index (χ4v) is 6.51. The summed E-state index contributed by atoms with van der Waals surface area (Å²) in [6.45, 7) is -8.56. The van der Waals surface area contributed by atoms with Crippen LogP contribution in [-0.4, -0.2) is 59.6 Å². The number of aromatic nitrogens is 1. The molecule has 1 amide bonds. The highest BCUT2D eigenvalue weighted by molar-refractivity contribution is 7.98. The number of carbonyl (C=O) groups is 1. The van der Waals surface area contributed by atoms with Gasteiger partial charge in [-0.05, 0) is 72.3 Å². The van der Waals surface area contributed by atoms with E-state index in [2.05, 4.69) is 0 Å². The topological polar surface area (TPSA) is 54.8 Å². The predicted octanol–water partition coefficient (Wildman–Crippen LogP) is 8.71. The first-order valence-electron chi connectivity index (χ1n) is 22.3. The number of pyridine rings is 1. The van der Waals surface area contributed by atoms with Crippen molar-refractivity contribution in [3.63, 3.8) is 0 Å². The van der Waals surface area contributed by atoms with Crippen molar-refractivity contribution in [1.29, 1.82) is 0 Å². The van der Waals surface area contributed by atoms with Crippen LogP contribution in [0, 0.1) is 18.6 Å². The molecule has 1 aliphatic rings. The molecule has 53 heavy (non-hydrogen) atoms. The zero-order valence-corrected chi connectivity index (χ0v) is 29.1. The zero-order valence-electron chi connectivity index (χ0n) is 40.3. The van der Waals surface area contributed by atoms with Crippen LogP contribution >= 0.6 is 11.8 Å². The Morgan fingerprint density at radius 3 is 2.34 bits per heavy atom. The van der Waals surface area contributed by atoms with Crippen molar-refractivity contribution < 1.29 is 47.9 Å². The quantitative estimate of drug-likeness (QED) is 0.0941. The SMILES string of the molecule is [2H]c1c(C)c([2H])c2c(c1[2H])c(=O)c([2H])c(SC([2H])([2H])c1cccc(F)c1F)n2C([2H])([2H])C(=O)N(Cc1ccc(-c2ccc(C(F)(F)F)cc2)cc1)C1CCN(C([2H])([2H])C([2H])([2H])OC)CC1. The molecule has 0 aliphatic carbocycles. The number of alkyl halides is 3. The number of thioether (sulfide) groups is 1. The Bertz CT molecular complexity index is 2700. The Hall–Kier alpha value is -4.52. The second-order valence-electron chi connectivity index (χ2n) is 12.1. The zero-order chi connectivity index (χ0) is 48.4. The van der Waals surface area contributed by atoms with E-state index in [9.17, 15) is 25.1 Å². The molecule has 2 heterocycles. The first kappa shape index (κ1) is 25.5. The summed E-state index contributed by atoms with van der Waals surface area (Å²) >= 11 is -0.125. The number of carbonyl (C=O) groups excluding carboxylic acids is 1. The molecule has 1 aromatic heterocycles. The highest BCUT2D eigenvalue weighted by Crippen LogP contribution is 2.32. The molecule has 0 atom stereocenters. The molecule has 0 spiro atoms. The number of nitrogens with zero attached hydrogens (tertiary/aromatic N) is 3. The minimum atomic E-state index is -4.57. The van der Waals surface area contributed by atoms with E-state index < -0.39 is 118 Å². The Morgan fingerprint density at radius 1 is 1.00 bits per heavy atom. The lowest BCUT2D eigenvalue weighted by Crippen LogP contribution is -2.48. The van der Waals surface area contributed by atoms with Crippen molar-refractivity contribution in [3.05, 3.63) is 135 Å². The number of hydrogen-bond donors (Lipinski definition) is 0. The summed E-state index contributed by atoms with van der Waals surface area (Å²) < 4.78 is 179. The molecular weight excluding hydrogens is 710 g/mol. The average molecular weight is 762 g/mol. The maximum Gasteiger partial charge on any atom is 0.416 e. The Balaban J connectivity index is 1.51. The molecule has 4 aromatic carbocycles. The number of amides is 1. The normalized spacial score (nSPS) is 18.5. The highest BCUT2D eigenvalue weighted by Gasteiger charge is 2.31. The van der Waals surface area contributed by atoms with Gasteiger partial charge in [-0.25, -0.2) is 8.78 Å². The largest absolute Gasteiger partial charge is 0.416 e. The highest BCUT2D eigenvalue weighted by atomic mass is 32.2. The lowest BCUT2D eigenvalue weighted by atomic mass is 10.00.